The summed E-state index contributed by atoms with van der Waals surface area (Å²) < 4.78 is 23.3. The predicted octanol–water partition coefficient (Wildman–Crippen LogP) is 3.08. The predicted molar refractivity (Wildman–Crippen MR) is 124 cm³/mol. The number of fused-ring (bicyclic) bond motifs is 1. The van der Waals surface area contributed by atoms with Crippen LogP contribution in [-0.4, -0.2) is 36.3 Å². The molecule has 11 heteroatoms. The highest BCUT2D eigenvalue weighted by Gasteiger charge is 2.12. The molecule has 0 saturated heterocycles. The summed E-state index contributed by atoms with van der Waals surface area (Å²) in [5.74, 6) is 0.754. The molecule has 4 aromatic rings. The lowest BCUT2D eigenvalue weighted by Crippen LogP contribution is -2.22. The fourth-order valence-corrected chi connectivity index (χ4v) is 3.62. The molecule has 0 unspecified atom stereocenters. The van der Waals surface area contributed by atoms with Gasteiger partial charge in [0.2, 0.25) is 21.9 Å². The van der Waals surface area contributed by atoms with E-state index in [-0.39, 0.29) is 10.8 Å². The molecule has 5 N–H and O–H groups in total. The number of carbonyl (C=O) groups excluding carboxylic acids is 1. The van der Waals surface area contributed by atoms with Crippen molar-refractivity contribution < 1.29 is 13.2 Å². The number of nitrogens with one attached hydrogen (secondary N) is 3. The molecule has 0 atom stereocenters. The van der Waals surface area contributed by atoms with Crippen molar-refractivity contribution in [3.63, 3.8) is 0 Å². The summed E-state index contributed by atoms with van der Waals surface area (Å²) in [6.45, 7) is 1.50. The third-order valence-electron chi connectivity index (χ3n) is 4.82. The van der Waals surface area contributed by atoms with Gasteiger partial charge in [0.05, 0.1) is 10.3 Å². The summed E-state index contributed by atoms with van der Waals surface area (Å²) in [7, 11) is -2.12. The Morgan fingerprint density at radius 3 is 2.47 bits per heavy atom. The van der Waals surface area contributed by atoms with E-state index >= 15 is 0 Å². The molecular weight excluding hydrogens is 430 g/mol. The first-order valence-electron chi connectivity index (χ1n) is 9.57. The molecule has 2 aromatic heterocycles. The standard InChI is InChI=1S/C21H21N7O3S/c1-13(29)28(2)16-8-6-14(7-9-16)25-21-26-19-18(10-11-23-19)20(27-21)24-15-4-3-5-17(12-15)32(22,30)31/h3-12H,1-2H3,(H2,22,30,31)(H3,23,24,25,26,27). The number of rotatable bonds is 6. The molecule has 2 heterocycles. The fourth-order valence-electron chi connectivity index (χ4n) is 3.06. The topological polar surface area (TPSA) is 146 Å². The first-order chi connectivity index (χ1) is 15.2. The lowest BCUT2D eigenvalue weighted by atomic mass is 10.2. The number of aromatic amines is 1. The van der Waals surface area contributed by atoms with Crippen molar-refractivity contribution in [1.82, 2.24) is 15.0 Å². The zero-order chi connectivity index (χ0) is 22.9. The van der Waals surface area contributed by atoms with Crippen molar-refractivity contribution in [3.8, 4) is 0 Å². The minimum Gasteiger partial charge on any atom is -0.346 e. The number of nitrogens with two attached hydrogens (primary N) is 1. The first kappa shape index (κ1) is 21.3. The number of sulfonamides is 1. The smallest absolute Gasteiger partial charge is 0.238 e. The molecule has 0 fully saturated rings. The van der Waals surface area contributed by atoms with Crippen LogP contribution in [0.25, 0.3) is 11.0 Å². The Balaban J connectivity index is 1.63. The molecule has 164 valence electrons. The summed E-state index contributed by atoms with van der Waals surface area (Å²) in [4.78, 5) is 25.1. The Kier molecular flexibility index (Phi) is 5.51. The van der Waals surface area contributed by atoms with Gasteiger partial charge >= 0.3 is 0 Å². The Morgan fingerprint density at radius 2 is 1.78 bits per heavy atom. The number of hydrogen-bond donors (Lipinski definition) is 4. The van der Waals surface area contributed by atoms with E-state index in [4.69, 9.17) is 5.14 Å². The van der Waals surface area contributed by atoms with Crippen LogP contribution in [0.4, 0.5) is 28.8 Å². The quantitative estimate of drug-likeness (QED) is 0.352. The van der Waals surface area contributed by atoms with Crippen LogP contribution < -0.4 is 20.7 Å². The maximum atomic E-state index is 11.7. The van der Waals surface area contributed by atoms with E-state index in [1.54, 1.807) is 30.3 Å². The molecule has 10 nitrogen and oxygen atoms in total. The second-order valence-electron chi connectivity index (χ2n) is 7.08. The van der Waals surface area contributed by atoms with Crippen LogP contribution in [0.1, 0.15) is 6.92 Å². The van der Waals surface area contributed by atoms with Gasteiger partial charge in [0.1, 0.15) is 11.5 Å². The summed E-state index contributed by atoms with van der Waals surface area (Å²) in [6, 6.07) is 15.3. The molecule has 32 heavy (non-hydrogen) atoms. The maximum absolute atomic E-state index is 11.7. The largest absolute Gasteiger partial charge is 0.346 e. The fraction of sp³-hybridized carbons (Fsp3) is 0.0952. The zero-order valence-electron chi connectivity index (χ0n) is 17.3. The van der Waals surface area contributed by atoms with E-state index in [1.807, 2.05) is 30.3 Å². The second-order valence-corrected chi connectivity index (χ2v) is 8.64. The molecule has 2 aromatic carbocycles. The van der Waals surface area contributed by atoms with Gasteiger partial charge in [-0.05, 0) is 48.5 Å². The van der Waals surface area contributed by atoms with Crippen LogP contribution in [0.2, 0.25) is 0 Å². The highest BCUT2D eigenvalue weighted by molar-refractivity contribution is 7.89. The van der Waals surface area contributed by atoms with Gasteiger partial charge in [-0.15, -0.1) is 0 Å². The van der Waals surface area contributed by atoms with Gasteiger partial charge in [0, 0.05) is 37.2 Å². The molecule has 0 aliphatic carbocycles. The van der Waals surface area contributed by atoms with Crippen molar-refractivity contribution in [2.45, 2.75) is 11.8 Å². The molecule has 1 amide bonds. The number of anilines is 5. The highest BCUT2D eigenvalue weighted by Crippen LogP contribution is 2.27. The van der Waals surface area contributed by atoms with E-state index < -0.39 is 10.0 Å². The Bertz CT molecular complexity index is 1400. The van der Waals surface area contributed by atoms with Crippen molar-refractivity contribution in [3.05, 3.63) is 60.8 Å². The number of aromatic nitrogens is 3. The van der Waals surface area contributed by atoms with Crippen LogP contribution in [0.3, 0.4) is 0 Å². The number of carbonyl (C=O) groups is 1. The summed E-state index contributed by atoms with van der Waals surface area (Å²) in [5.41, 5.74) is 2.61. The van der Waals surface area contributed by atoms with Crippen LogP contribution in [0.15, 0.2) is 65.7 Å². The number of nitrogens with zero attached hydrogens (tertiary/aromatic N) is 3. The number of amides is 1. The lowest BCUT2D eigenvalue weighted by Gasteiger charge is -2.15. The SMILES string of the molecule is CC(=O)N(C)c1ccc(Nc2nc(Nc3cccc(S(N)(=O)=O)c3)c3cc[nH]c3n2)cc1. The Morgan fingerprint density at radius 1 is 1.03 bits per heavy atom. The number of H-pyrrole nitrogens is 1. The number of benzene rings is 2. The normalized spacial score (nSPS) is 11.3. The molecule has 0 aliphatic heterocycles. The average Bonchev–Trinajstić information content (AvgIpc) is 3.22. The molecular formula is C21H21N7O3S. The van der Waals surface area contributed by atoms with Gasteiger partial charge in [-0.3, -0.25) is 4.79 Å². The Labute approximate surface area is 184 Å². The minimum absolute atomic E-state index is 0.00386. The second kappa shape index (κ2) is 8.29. The summed E-state index contributed by atoms with van der Waals surface area (Å²) >= 11 is 0. The van der Waals surface area contributed by atoms with Gasteiger partial charge in [0.15, 0.2) is 0 Å². The van der Waals surface area contributed by atoms with Crippen molar-refractivity contribution in [2.75, 3.05) is 22.6 Å². The molecule has 0 bridgehead atoms. The summed E-state index contributed by atoms with van der Waals surface area (Å²) in [5, 5.41) is 12.2. The van der Waals surface area contributed by atoms with Crippen LogP contribution in [0.5, 0.6) is 0 Å². The van der Waals surface area contributed by atoms with Gasteiger partial charge in [0.25, 0.3) is 0 Å². The molecule has 0 radical (unpaired) electrons. The number of hydrogen-bond acceptors (Lipinski definition) is 7. The average molecular weight is 452 g/mol. The van der Waals surface area contributed by atoms with E-state index in [0.29, 0.717) is 23.1 Å². The highest BCUT2D eigenvalue weighted by atomic mass is 32.2. The maximum Gasteiger partial charge on any atom is 0.238 e. The van der Waals surface area contributed by atoms with Gasteiger partial charge in [-0.2, -0.15) is 9.97 Å². The monoisotopic (exact) mass is 451 g/mol. The lowest BCUT2D eigenvalue weighted by molar-refractivity contribution is -0.116. The summed E-state index contributed by atoms with van der Waals surface area (Å²) in [6.07, 6.45) is 1.74. The van der Waals surface area contributed by atoms with E-state index in [1.165, 1.54) is 19.1 Å². The van der Waals surface area contributed by atoms with Gasteiger partial charge in [-0.1, -0.05) is 6.07 Å². The van der Waals surface area contributed by atoms with Crippen LogP contribution in [0, 0.1) is 0 Å². The van der Waals surface area contributed by atoms with Crippen LogP contribution in [-0.2, 0) is 14.8 Å². The minimum atomic E-state index is -3.83. The van der Waals surface area contributed by atoms with E-state index in [2.05, 4.69) is 25.6 Å². The van der Waals surface area contributed by atoms with Gasteiger partial charge in [-0.25, -0.2) is 13.6 Å². The first-order valence-corrected chi connectivity index (χ1v) is 11.1. The van der Waals surface area contributed by atoms with E-state index in [0.717, 1.165) is 16.8 Å². The Hall–Kier alpha value is -3.96. The van der Waals surface area contributed by atoms with Crippen LogP contribution >= 0.6 is 0 Å². The third kappa shape index (κ3) is 4.53. The van der Waals surface area contributed by atoms with Crippen molar-refractivity contribution in [2.24, 2.45) is 5.14 Å². The van der Waals surface area contributed by atoms with Crippen molar-refractivity contribution in [1.29, 1.82) is 0 Å². The molecule has 0 saturated carbocycles. The molecule has 4 rings (SSSR count). The van der Waals surface area contributed by atoms with Crippen molar-refractivity contribution >= 4 is 55.8 Å². The number of primary sulfonamides is 1. The third-order valence-corrected chi connectivity index (χ3v) is 5.74. The van der Waals surface area contributed by atoms with Gasteiger partial charge < -0.3 is 20.5 Å². The molecule has 0 spiro atoms. The molecule has 0 aliphatic rings. The van der Waals surface area contributed by atoms with E-state index in [9.17, 15) is 13.2 Å². The zero-order valence-corrected chi connectivity index (χ0v) is 18.1.